The zero-order valence-corrected chi connectivity index (χ0v) is 11.1. The van der Waals surface area contributed by atoms with Crippen LogP contribution >= 0.6 is 0 Å². The number of anilines is 1. The molecule has 1 aliphatic rings. The van der Waals surface area contributed by atoms with Gasteiger partial charge in [-0.3, -0.25) is 5.41 Å². The lowest BCUT2D eigenvalue weighted by molar-refractivity contribution is 0.247. The third-order valence-corrected chi connectivity index (χ3v) is 3.56. The van der Waals surface area contributed by atoms with Gasteiger partial charge in [0.25, 0.3) is 0 Å². The van der Waals surface area contributed by atoms with Crippen molar-refractivity contribution in [2.45, 2.75) is 18.9 Å². The van der Waals surface area contributed by atoms with Crippen LogP contribution in [-0.2, 0) is 0 Å². The van der Waals surface area contributed by atoms with E-state index in [4.69, 9.17) is 11.1 Å². The molecular weight excluding hydrogens is 226 g/mol. The molecule has 0 aliphatic carbocycles. The van der Waals surface area contributed by atoms with Gasteiger partial charge in [-0.25, -0.2) is 4.98 Å². The van der Waals surface area contributed by atoms with Crippen molar-refractivity contribution in [1.29, 1.82) is 5.41 Å². The van der Waals surface area contributed by atoms with Crippen LogP contribution < -0.4 is 10.6 Å². The lowest BCUT2D eigenvalue weighted by atomic mass is 10.0. The number of likely N-dealkylation sites (N-methyl/N-ethyl adjacent to an activating group) is 2. The Bertz CT molecular complexity index is 431. The Kier molecular flexibility index (Phi) is 3.81. The number of likely N-dealkylation sites (tertiary alicyclic amines) is 1. The summed E-state index contributed by atoms with van der Waals surface area (Å²) in [6.45, 7) is 2.19. The third kappa shape index (κ3) is 2.61. The summed E-state index contributed by atoms with van der Waals surface area (Å²) in [5.41, 5.74) is 6.33. The Hall–Kier alpha value is -1.62. The quantitative estimate of drug-likeness (QED) is 0.615. The van der Waals surface area contributed by atoms with E-state index in [-0.39, 0.29) is 5.84 Å². The second-order valence-electron chi connectivity index (χ2n) is 4.96. The topological polar surface area (TPSA) is 69.2 Å². The van der Waals surface area contributed by atoms with E-state index in [2.05, 4.69) is 21.8 Å². The number of hydrogen-bond acceptors (Lipinski definition) is 4. The Morgan fingerprint density at radius 1 is 1.61 bits per heavy atom. The van der Waals surface area contributed by atoms with Crippen LogP contribution in [0.15, 0.2) is 18.3 Å². The molecule has 1 unspecified atom stereocenters. The van der Waals surface area contributed by atoms with Crippen molar-refractivity contribution >= 4 is 11.7 Å². The van der Waals surface area contributed by atoms with Gasteiger partial charge >= 0.3 is 0 Å². The number of amidine groups is 1. The van der Waals surface area contributed by atoms with Crippen LogP contribution in [-0.4, -0.2) is 48.9 Å². The summed E-state index contributed by atoms with van der Waals surface area (Å²) in [5, 5.41) is 7.62. The van der Waals surface area contributed by atoms with Gasteiger partial charge in [0.2, 0.25) is 0 Å². The van der Waals surface area contributed by atoms with Crippen LogP contribution in [0, 0.1) is 5.41 Å². The van der Waals surface area contributed by atoms with E-state index in [0.29, 0.717) is 11.6 Å². The maximum absolute atomic E-state index is 7.62. The molecule has 1 aliphatic heterocycles. The van der Waals surface area contributed by atoms with Crippen molar-refractivity contribution in [3.05, 3.63) is 23.9 Å². The Morgan fingerprint density at radius 3 is 3.06 bits per heavy atom. The van der Waals surface area contributed by atoms with Crippen LogP contribution in [0.1, 0.15) is 18.4 Å². The molecule has 0 saturated carbocycles. The van der Waals surface area contributed by atoms with Gasteiger partial charge in [-0.05, 0) is 38.6 Å². The van der Waals surface area contributed by atoms with Gasteiger partial charge in [0.1, 0.15) is 11.7 Å². The number of piperidine rings is 1. The molecule has 18 heavy (non-hydrogen) atoms. The fourth-order valence-corrected chi connectivity index (χ4v) is 2.52. The second kappa shape index (κ2) is 5.35. The molecule has 0 amide bonds. The van der Waals surface area contributed by atoms with Crippen molar-refractivity contribution < 1.29 is 0 Å². The van der Waals surface area contributed by atoms with Gasteiger partial charge in [0.15, 0.2) is 0 Å². The molecule has 2 rings (SSSR count). The molecule has 1 aromatic heterocycles. The van der Waals surface area contributed by atoms with Gasteiger partial charge in [-0.2, -0.15) is 0 Å². The molecule has 0 spiro atoms. The fourth-order valence-electron chi connectivity index (χ4n) is 2.52. The Morgan fingerprint density at radius 2 is 2.39 bits per heavy atom. The van der Waals surface area contributed by atoms with E-state index in [1.54, 1.807) is 6.20 Å². The number of nitrogen functional groups attached to an aromatic ring is 1. The van der Waals surface area contributed by atoms with Gasteiger partial charge in [0, 0.05) is 25.8 Å². The van der Waals surface area contributed by atoms with Crippen molar-refractivity contribution in [1.82, 2.24) is 9.88 Å². The standard InChI is InChI=1S/C13H21N5/c1-17-8-4-5-10(9-17)18(2)13-11(12(14)15)6-3-7-16-13/h3,6-7,10H,4-5,8-9H2,1-2H3,(H3,14,15). The first-order valence-electron chi connectivity index (χ1n) is 6.30. The minimum atomic E-state index is 0.0779. The number of nitrogens with one attached hydrogen (secondary N) is 1. The van der Waals surface area contributed by atoms with Crippen LogP contribution in [0.25, 0.3) is 0 Å². The highest BCUT2D eigenvalue weighted by atomic mass is 15.2. The second-order valence-corrected chi connectivity index (χ2v) is 4.96. The molecule has 5 nitrogen and oxygen atoms in total. The van der Waals surface area contributed by atoms with Crippen molar-refractivity contribution in [3.8, 4) is 0 Å². The van der Waals surface area contributed by atoms with Crippen molar-refractivity contribution in [2.24, 2.45) is 5.73 Å². The number of rotatable bonds is 3. The van der Waals surface area contributed by atoms with E-state index in [9.17, 15) is 0 Å². The summed E-state index contributed by atoms with van der Waals surface area (Å²) in [5.74, 6) is 0.888. The minimum Gasteiger partial charge on any atom is -0.384 e. The van der Waals surface area contributed by atoms with E-state index in [0.717, 1.165) is 25.3 Å². The molecule has 1 saturated heterocycles. The lowest BCUT2D eigenvalue weighted by Gasteiger charge is -2.37. The van der Waals surface area contributed by atoms with Crippen LogP contribution in [0.5, 0.6) is 0 Å². The number of aromatic nitrogens is 1. The van der Waals surface area contributed by atoms with E-state index in [1.807, 2.05) is 19.2 Å². The summed E-state index contributed by atoms with van der Waals surface area (Å²) in [6, 6.07) is 4.12. The Balaban J connectivity index is 2.22. The highest BCUT2D eigenvalue weighted by molar-refractivity contribution is 5.99. The van der Waals surface area contributed by atoms with E-state index >= 15 is 0 Å². The predicted octanol–water partition coefficient (Wildman–Crippen LogP) is 0.896. The maximum Gasteiger partial charge on any atom is 0.139 e. The molecule has 5 heteroatoms. The number of pyridine rings is 1. The first kappa shape index (κ1) is 12.8. The molecule has 1 fully saturated rings. The monoisotopic (exact) mass is 247 g/mol. The SMILES string of the molecule is CN1CCCC(N(C)c2ncccc2C(=N)N)C1. The van der Waals surface area contributed by atoms with Gasteiger partial charge in [-0.15, -0.1) is 0 Å². The molecule has 1 atom stereocenters. The summed E-state index contributed by atoms with van der Waals surface area (Å²) in [7, 11) is 4.18. The Labute approximate surface area is 108 Å². The molecule has 2 heterocycles. The number of nitrogens with two attached hydrogens (primary N) is 1. The molecule has 0 radical (unpaired) electrons. The number of nitrogens with zero attached hydrogens (tertiary/aromatic N) is 3. The fraction of sp³-hybridized carbons (Fsp3) is 0.538. The lowest BCUT2D eigenvalue weighted by Crippen LogP contribution is -2.45. The van der Waals surface area contributed by atoms with Gasteiger partial charge in [0.05, 0.1) is 5.56 Å². The minimum absolute atomic E-state index is 0.0779. The average Bonchev–Trinajstić information content (AvgIpc) is 2.38. The first-order chi connectivity index (χ1) is 8.59. The van der Waals surface area contributed by atoms with Gasteiger partial charge in [-0.1, -0.05) is 0 Å². The van der Waals surface area contributed by atoms with E-state index < -0.39 is 0 Å². The van der Waals surface area contributed by atoms with Crippen LogP contribution in [0.3, 0.4) is 0 Å². The van der Waals surface area contributed by atoms with Crippen LogP contribution in [0.2, 0.25) is 0 Å². The molecule has 3 N–H and O–H groups in total. The molecular formula is C13H21N5. The zero-order valence-electron chi connectivity index (χ0n) is 11.1. The summed E-state index contributed by atoms with van der Waals surface area (Å²) in [6.07, 6.45) is 4.12. The van der Waals surface area contributed by atoms with Gasteiger partial charge < -0.3 is 15.5 Å². The van der Waals surface area contributed by atoms with E-state index in [1.165, 1.54) is 6.42 Å². The smallest absolute Gasteiger partial charge is 0.139 e. The van der Waals surface area contributed by atoms with Crippen molar-refractivity contribution in [2.75, 3.05) is 32.1 Å². The number of hydrogen-bond donors (Lipinski definition) is 2. The molecule has 1 aromatic rings. The molecule has 0 aromatic carbocycles. The largest absolute Gasteiger partial charge is 0.384 e. The highest BCUT2D eigenvalue weighted by Crippen LogP contribution is 2.22. The molecule has 98 valence electrons. The predicted molar refractivity (Wildman–Crippen MR) is 74.2 cm³/mol. The first-order valence-corrected chi connectivity index (χ1v) is 6.30. The van der Waals surface area contributed by atoms with Crippen molar-refractivity contribution in [3.63, 3.8) is 0 Å². The average molecular weight is 247 g/mol. The highest BCUT2D eigenvalue weighted by Gasteiger charge is 2.23. The summed E-state index contributed by atoms with van der Waals surface area (Å²) in [4.78, 5) is 8.88. The summed E-state index contributed by atoms with van der Waals surface area (Å²) < 4.78 is 0. The zero-order chi connectivity index (χ0) is 13.1. The maximum atomic E-state index is 7.62. The molecule has 0 bridgehead atoms. The summed E-state index contributed by atoms with van der Waals surface area (Å²) >= 11 is 0. The van der Waals surface area contributed by atoms with Crippen LogP contribution in [0.4, 0.5) is 5.82 Å². The third-order valence-electron chi connectivity index (χ3n) is 3.56. The normalized spacial score (nSPS) is 20.7.